The van der Waals surface area contributed by atoms with E-state index in [4.69, 9.17) is 0 Å². The number of hydrogen-bond acceptors (Lipinski definition) is 2. The first kappa shape index (κ1) is 34.0. The lowest BCUT2D eigenvalue weighted by Gasteiger charge is -2.27. The molecule has 1 atom stereocenters. The van der Waals surface area contributed by atoms with E-state index in [9.17, 15) is 0 Å². The molecular weight excluding hydrogens is 747 g/mol. The van der Waals surface area contributed by atoms with Crippen molar-refractivity contribution in [3.63, 3.8) is 0 Å². The molecule has 0 amide bonds. The van der Waals surface area contributed by atoms with E-state index in [-0.39, 0.29) is 0 Å². The molecule has 0 aliphatic carbocycles. The van der Waals surface area contributed by atoms with Gasteiger partial charge in [-0.3, -0.25) is 0 Å². The summed E-state index contributed by atoms with van der Waals surface area (Å²) in [6.45, 7) is 0. The van der Waals surface area contributed by atoms with Crippen LogP contribution < -0.4 is 20.5 Å². The average Bonchev–Trinajstić information content (AvgIpc) is 3.86. The van der Waals surface area contributed by atoms with Crippen LogP contribution in [0.25, 0.3) is 75.1 Å². The quantitative estimate of drug-likeness (QED) is 0.152. The van der Waals surface area contributed by atoms with Crippen molar-refractivity contribution in [1.82, 2.24) is 0 Å². The summed E-state index contributed by atoms with van der Waals surface area (Å²) < 4.78 is 2.71. The van der Waals surface area contributed by atoms with E-state index >= 15 is 0 Å². The van der Waals surface area contributed by atoms with Gasteiger partial charge in [-0.2, -0.15) is 0 Å². The summed E-state index contributed by atoms with van der Waals surface area (Å²) in [7, 11) is -1.78. The molecular formula is C56H37NSSi. The molecule has 0 radical (unpaired) electrons. The zero-order valence-corrected chi connectivity index (χ0v) is 34.2. The first-order chi connectivity index (χ1) is 29.3. The van der Waals surface area contributed by atoms with E-state index < -0.39 is 8.80 Å². The highest BCUT2D eigenvalue weighted by molar-refractivity contribution is 7.26. The second-order valence-electron chi connectivity index (χ2n) is 15.6. The predicted molar refractivity (Wildman–Crippen MR) is 258 cm³/mol. The molecule has 0 bridgehead atoms. The maximum atomic E-state index is 2.52. The molecule has 0 spiro atoms. The Morgan fingerprint density at radius 3 is 1.76 bits per heavy atom. The number of benzene rings is 10. The van der Waals surface area contributed by atoms with Gasteiger partial charge in [0.05, 0.1) is 5.69 Å². The number of fused-ring (bicyclic) bond motifs is 10. The van der Waals surface area contributed by atoms with E-state index in [1.54, 1.807) is 0 Å². The largest absolute Gasteiger partial charge is 0.310 e. The first-order valence-electron chi connectivity index (χ1n) is 20.4. The van der Waals surface area contributed by atoms with Gasteiger partial charge in [0, 0.05) is 36.9 Å². The van der Waals surface area contributed by atoms with E-state index in [2.05, 4.69) is 223 Å². The summed E-state index contributed by atoms with van der Waals surface area (Å²) in [5, 5.41) is 12.4. The molecule has 1 aromatic heterocycles. The fraction of sp³-hybridized carbons (Fsp3) is 0. The molecule has 12 rings (SSSR count). The summed E-state index contributed by atoms with van der Waals surface area (Å²) in [6, 6.07) is 81.1. The Bertz CT molecular complexity index is 3370. The standard InChI is InChI=1S/C56H37NSSi/c1-3-12-37(13-4-1)38-22-29-43(30-23-38)57(49-20-11-15-40-14-7-8-18-46(40)49)44-31-24-39(25-32-44)42-26-33-48-53(36-42)59(45-16-5-2-6-17-45)52-35-28-41-27-34-51-55(54(41)56(48)52)47-19-9-10-21-50(47)58-51/h1-36,59H. The molecule has 276 valence electrons. The highest BCUT2D eigenvalue weighted by Crippen LogP contribution is 2.44. The Labute approximate surface area is 349 Å². The minimum atomic E-state index is -1.78. The van der Waals surface area contributed by atoms with Crippen LogP contribution in [0.2, 0.25) is 0 Å². The molecule has 59 heavy (non-hydrogen) atoms. The molecule has 1 aliphatic rings. The van der Waals surface area contributed by atoms with Gasteiger partial charge in [-0.1, -0.05) is 181 Å². The summed E-state index contributed by atoms with van der Waals surface area (Å²) in [5.74, 6) is 0. The maximum absolute atomic E-state index is 2.52. The lowest BCUT2D eigenvalue weighted by Crippen LogP contribution is -2.48. The van der Waals surface area contributed by atoms with Crippen molar-refractivity contribution >= 4 is 94.5 Å². The Kier molecular flexibility index (Phi) is 7.97. The van der Waals surface area contributed by atoms with Crippen LogP contribution in [0.5, 0.6) is 0 Å². The lowest BCUT2D eigenvalue weighted by atomic mass is 9.93. The molecule has 1 nitrogen and oxygen atoms in total. The summed E-state index contributed by atoms with van der Waals surface area (Å²) in [4.78, 5) is 2.40. The van der Waals surface area contributed by atoms with Crippen molar-refractivity contribution in [3.8, 4) is 33.4 Å². The molecule has 1 aliphatic heterocycles. The van der Waals surface area contributed by atoms with Gasteiger partial charge in [0.1, 0.15) is 8.80 Å². The Balaban J connectivity index is 0.992. The zero-order chi connectivity index (χ0) is 38.9. The van der Waals surface area contributed by atoms with Crippen molar-refractivity contribution in [2.24, 2.45) is 0 Å². The molecule has 2 heterocycles. The van der Waals surface area contributed by atoms with Crippen LogP contribution in [0.4, 0.5) is 17.1 Å². The van der Waals surface area contributed by atoms with Crippen LogP contribution in [0, 0.1) is 0 Å². The monoisotopic (exact) mass is 783 g/mol. The van der Waals surface area contributed by atoms with E-state index in [0.717, 1.165) is 17.1 Å². The number of anilines is 3. The second-order valence-corrected chi connectivity index (χ2v) is 19.5. The SMILES string of the molecule is c1ccc(-c2ccc(N(c3ccc(-c4ccc5c(c4)[SiH](c4ccccc4)c4ccc6ccc7sc8ccccc8c7c6c4-5)cc3)c3cccc4ccccc34)cc2)cc1. The third kappa shape index (κ3) is 5.58. The third-order valence-electron chi connectivity index (χ3n) is 12.3. The van der Waals surface area contributed by atoms with Gasteiger partial charge in [0.15, 0.2) is 0 Å². The minimum Gasteiger partial charge on any atom is -0.310 e. The molecule has 0 N–H and O–H groups in total. The molecule has 3 heteroatoms. The Hall–Kier alpha value is -7.04. The van der Waals surface area contributed by atoms with Crippen LogP contribution in [0.3, 0.4) is 0 Å². The normalized spacial score (nSPS) is 13.3. The average molecular weight is 784 g/mol. The van der Waals surface area contributed by atoms with Crippen molar-refractivity contribution in [3.05, 3.63) is 218 Å². The first-order valence-corrected chi connectivity index (χ1v) is 22.9. The number of rotatable bonds is 6. The van der Waals surface area contributed by atoms with Crippen molar-refractivity contribution in [2.75, 3.05) is 4.90 Å². The Morgan fingerprint density at radius 2 is 0.983 bits per heavy atom. The summed E-state index contributed by atoms with van der Waals surface area (Å²) >= 11 is 1.91. The summed E-state index contributed by atoms with van der Waals surface area (Å²) in [6.07, 6.45) is 0. The van der Waals surface area contributed by atoms with E-state index in [0.29, 0.717) is 0 Å². The van der Waals surface area contributed by atoms with Crippen molar-refractivity contribution in [2.45, 2.75) is 0 Å². The summed E-state index contributed by atoms with van der Waals surface area (Å²) in [5.41, 5.74) is 11.2. The van der Waals surface area contributed by atoms with Gasteiger partial charge in [-0.25, -0.2) is 0 Å². The van der Waals surface area contributed by atoms with Crippen LogP contribution in [-0.2, 0) is 0 Å². The van der Waals surface area contributed by atoms with Crippen LogP contribution in [0.1, 0.15) is 0 Å². The van der Waals surface area contributed by atoms with Crippen LogP contribution in [-0.4, -0.2) is 8.80 Å². The predicted octanol–water partition coefficient (Wildman–Crippen LogP) is 13.4. The van der Waals surface area contributed by atoms with Gasteiger partial charge < -0.3 is 4.90 Å². The molecule has 10 aromatic carbocycles. The highest BCUT2D eigenvalue weighted by Gasteiger charge is 2.34. The maximum Gasteiger partial charge on any atom is 0.134 e. The number of nitrogens with zero attached hydrogens (tertiary/aromatic N) is 1. The molecule has 0 saturated carbocycles. The van der Waals surface area contributed by atoms with Crippen LogP contribution >= 0.6 is 11.3 Å². The van der Waals surface area contributed by atoms with E-state index in [1.165, 1.54) is 90.7 Å². The number of hydrogen-bond donors (Lipinski definition) is 0. The molecule has 0 saturated heterocycles. The third-order valence-corrected chi connectivity index (χ3v) is 16.7. The minimum absolute atomic E-state index is 1.13. The zero-order valence-electron chi connectivity index (χ0n) is 32.2. The molecule has 11 aromatic rings. The number of thiophene rings is 1. The van der Waals surface area contributed by atoms with Gasteiger partial charge in [0.25, 0.3) is 0 Å². The smallest absolute Gasteiger partial charge is 0.134 e. The van der Waals surface area contributed by atoms with Gasteiger partial charge >= 0.3 is 0 Å². The van der Waals surface area contributed by atoms with Crippen LogP contribution in [0.15, 0.2) is 218 Å². The van der Waals surface area contributed by atoms with Gasteiger partial charge in [-0.15, -0.1) is 11.3 Å². The Morgan fingerprint density at radius 1 is 0.373 bits per heavy atom. The molecule has 0 fully saturated rings. The fourth-order valence-electron chi connectivity index (χ4n) is 9.63. The van der Waals surface area contributed by atoms with Crippen molar-refractivity contribution < 1.29 is 0 Å². The highest BCUT2D eigenvalue weighted by atomic mass is 32.1. The van der Waals surface area contributed by atoms with Gasteiger partial charge in [0.2, 0.25) is 0 Å². The fourth-order valence-corrected chi connectivity index (χ4v) is 14.2. The van der Waals surface area contributed by atoms with Crippen molar-refractivity contribution in [1.29, 1.82) is 0 Å². The van der Waals surface area contributed by atoms with Gasteiger partial charge in [-0.05, 0) is 102 Å². The molecule has 1 unspecified atom stereocenters. The van der Waals surface area contributed by atoms with E-state index in [1.807, 2.05) is 11.3 Å². The lowest BCUT2D eigenvalue weighted by molar-refractivity contribution is 1.30. The topological polar surface area (TPSA) is 3.24 Å². The second kappa shape index (κ2) is 13.8.